The van der Waals surface area contributed by atoms with Gasteiger partial charge in [0.05, 0.1) is 13.5 Å². The van der Waals surface area contributed by atoms with E-state index in [0.717, 1.165) is 0 Å². The summed E-state index contributed by atoms with van der Waals surface area (Å²) in [6.07, 6.45) is -0.314. The number of ether oxygens (including phenoxy) is 3. The molecule has 0 aliphatic heterocycles. The predicted octanol–water partition coefficient (Wildman–Crippen LogP) is 0.949. The fourth-order valence-corrected chi connectivity index (χ4v) is 0.757. The van der Waals surface area contributed by atoms with E-state index < -0.39 is 6.29 Å². The second-order valence-electron chi connectivity index (χ2n) is 2.12. The van der Waals surface area contributed by atoms with Crippen molar-refractivity contribution in [2.24, 2.45) is 0 Å². The molecule has 0 amide bonds. The Morgan fingerprint density at radius 1 is 1.25 bits per heavy atom. The van der Waals surface area contributed by atoms with Gasteiger partial charge in [0.15, 0.2) is 6.29 Å². The number of hydrogen-bond acceptors (Lipinski definition) is 4. The maximum atomic E-state index is 10.8. The predicted molar refractivity (Wildman–Crippen MR) is 43.7 cm³/mol. The molecule has 0 N–H and O–H groups in total. The van der Waals surface area contributed by atoms with Gasteiger partial charge in [-0.1, -0.05) is 0 Å². The first-order valence-corrected chi connectivity index (χ1v) is 4.04. The molecule has 72 valence electrons. The number of carbonyl (C=O) groups is 1. The van der Waals surface area contributed by atoms with Gasteiger partial charge in [-0.05, 0) is 13.8 Å². The molecule has 0 heterocycles. The number of methoxy groups -OCH3 is 1. The summed E-state index contributed by atoms with van der Waals surface area (Å²) in [5.74, 6) is -0.318. The van der Waals surface area contributed by atoms with E-state index in [-0.39, 0.29) is 12.4 Å². The van der Waals surface area contributed by atoms with Gasteiger partial charge in [0, 0.05) is 13.2 Å². The Bertz CT molecular complexity index is 118. The maximum absolute atomic E-state index is 10.8. The van der Waals surface area contributed by atoms with E-state index in [1.54, 1.807) is 0 Å². The Morgan fingerprint density at radius 2 is 1.75 bits per heavy atom. The molecule has 0 aromatic carbocycles. The van der Waals surface area contributed by atoms with Gasteiger partial charge in [-0.3, -0.25) is 4.79 Å². The molecule has 0 unspecified atom stereocenters. The van der Waals surface area contributed by atoms with Crippen LogP contribution in [-0.2, 0) is 19.0 Å². The van der Waals surface area contributed by atoms with Gasteiger partial charge in [-0.25, -0.2) is 0 Å². The van der Waals surface area contributed by atoms with Crippen LogP contribution >= 0.6 is 0 Å². The summed E-state index contributed by atoms with van der Waals surface area (Å²) in [4.78, 5) is 10.8. The number of rotatable bonds is 6. The third kappa shape index (κ3) is 5.09. The summed E-state index contributed by atoms with van der Waals surface area (Å²) in [6.45, 7) is 4.76. The quantitative estimate of drug-likeness (QED) is 0.446. The van der Waals surface area contributed by atoms with Crippen LogP contribution in [-0.4, -0.2) is 32.6 Å². The van der Waals surface area contributed by atoms with Gasteiger partial charge in [-0.2, -0.15) is 0 Å². The van der Waals surface area contributed by atoms with Crippen molar-refractivity contribution < 1.29 is 19.0 Å². The lowest BCUT2D eigenvalue weighted by Crippen LogP contribution is -2.21. The Kier molecular flexibility index (Phi) is 6.70. The molecule has 4 heteroatoms. The topological polar surface area (TPSA) is 44.8 Å². The van der Waals surface area contributed by atoms with Crippen LogP contribution < -0.4 is 0 Å². The second kappa shape index (κ2) is 7.06. The summed E-state index contributed by atoms with van der Waals surface area (Å²) in [5.41, 5.74) is 0. The number of carbonyl (C=O) groups excluding carboxylic acids is 1. The summed E-state index contributed by atoms with van der Waals surface area (Å²) < 4.78 is 14.7. The van der Waals surface area contributed by atoms with Gasteiger partial charge in [0.2, 0.25) is 0 Å². The summed E-state index contributed by atoms with van der Waals surface area (Å²) in [6, 6.07) is 0. The molecular formula is C8H16O4. The lowest BCUT2D eigenvalue weighted by molar-refractivity contribution is -0.166. The highest BCUT2D eigenvalue weighted by molar-refractivity contribution is 5.69. The highest BCUT2D eigenvalue weighted by Gasteiger charge is 2.13. The molecule has 0 rings (SSSR count). The van der Waals surface area contributed by atoms with Gasteiger partial charge in [0.1, 0.15) is 0 Å². The first-order valence-electron chi connectivity index (χ1n) is 4.04. The molecule has 0 fully saturated rings. The third-order valence-electron chi connectivity index (χ3n) is 1.27. The van der Waals surface area contributed by atoms with E-state index in [1.165, 1.54) is 7.11 Å². The van der Waals surface area contributed by atoms with Crippen molar-refractivity contribution in [1.82, 2.24) is 0 Å². The summed E-state index contributed by atoms with van der Waals surface area (Å²) >= 11 is 0. The molecule has 0 aliphatic carbocycles. The molecule has 12 heavy (non-hydrogen) atoms. The lowest BCUT2D eigenvalue weighted by Gasteiger charge is -2.14. The van der Waals surface area contributed by atoms with Crippen molar-refractivity contribution in [1.29, 1.82) is 0 Å². The van der Waals surface area contributed by atoms with Gasteiger partial charge < -0.3 is 14.2 Å². The Morgan fingerprint density at radius 3 is 2.08 bits per heavy atom. The van der Waals surface area contributed by atoms with Crippen molar-refractivity contribution in [3.8, 4) is 0 Å². The third-order valence-corrected chi connectivity index (χ3v) is 1.27. The molecule has 4 nitrogen and oxygen atoms in total. The molecule has 0 radical (unpaired) electrons. The molecule has 0 saturated carbocycles. The van der Waals surface area contributed by atoms with Crippen molar-refractivity contribution >= 4 is 5.97 Å². The normalized spacial score (nSPS) is 10.3. The minimum Gasteiger partial charge on any atom is -0.469 e. The zero-order valence-corrected chi connectivity index (χ0v) is 7.83. The number of hydrogen-bond donors (Lipinski definition) is 0. The smallest absolute Gasteiger partial charge is 0.310 e. The zero-order chi connectivity index (χ0) is 9.40. The lowest BCUT2D eigenvalue weighted by atomic mass is 10.4. The fourth-order valence-electron chi connectivity index (χ4n) is 0.757. The molecule has 0 aliphatic rings. The van der Waals surface area contributed by atoms with Crippen molar-refractivity contribution in [2.75, 3.05) is 20.3 Å². The van der Waals surface area contributed by atoms with E-state index >= 15 is 0 Å². The van der Waals surface area contributed by atoms with Crippen LogP contribution in [0, 0.1) is 0 Å². The van der Waals surface area contributed by atoms with Gasteiger partial charge in [-0.15, -0.1) is 0 Å². The van der Waals surface area contributed by atoms with Crippen LogP contribution in [0.3, 0.4) is 0 Å². The Labute approximate surface area is 72.8 Å². The molecule has 0 aromatic rings. The summed E-state index contributed by atoms with van der Waals surface area (Å²) in [7, 11) is 1.34. The molecular weight excluding hydrogens is 160 g/mol. The molecule has 0 atom stereocenters. The van der Waals surface area contributed by atoms with Gasteiger partial charge >= 0.3 is 5.97 Å². The minimum absolute atomic E-state index is 0.151. The van der Waals surface area contributed by atoms with Crippen LogP contribution in [0.5, 0.6) is 0 Å². The van der Waals surface area contributed by atoms with E-state index in [4.69, 9.17) is 9.47 Å². The number of esters is 1. The average Bonchev–Trinajstić information content (AvgIpc) is 2.05. The highest BCUT2D eigenvalue weighted by atomic mass is 16.7. The standard InChI is InChI=1S/C8H16O4/c1-4-11-8(12-5-2)6-7(9)10-3/h8H,4-6H2,1-3H3. The Balaban J connectivity index is 3.68. The fraction of sp³-hybridized carbons (Fsp3) is 0.875. The molecule has 0 bridgehead atoms. The molecule has 0 saturated heterocycles. The average molecular weight is 176 g/mol. The molecule has 0 aromatic heterocycles. The highest BCUT2D eigenvalue weighted by Crippen LogP contribution is 2.01. The first kappa shape index (κ1) is 11.4. The van der Waals surface area contributed by atoms with E-state index in [2.05, 4.69) is 4.74 Å². The van der Waals surface area contributed by atoms with Crippen molar-refractivity contribution in [2.45, 2.75) is 26.6 Å². The van der Waals surface area contributed by atoms with Gasteiger partial charge in [0.25, 0.3) is 0 Å². The zero-order valence-electron chi connectivity index (χ0n) is 7.83. The van der Waals surface area contributed by atoms with E-state index in [1.807, 2.05) is 13.8 Å². The largest absolute Gasteiger partial charge is 0.469 e. The van der Waals surface area contributed by atoms with E-state index in [0.29, 0.717) is 13.2 Å². The Hall–Kier alpha value is -0.610. The second-order valence-corrected chi connectivity index (χ2v) is 2.12. The maximum Gasteiger partial charge on any atom is 0.310 e. The van der Waals surface area contributed by atoms with Crippen molar-refractivity contribution in [3.63, 3.8) is 0 Å². The monoisotopic (exact) mass is 176 g/mol. The van der Waals surface area contributed by atoms with Crippen LogP contribution in [0.1, 0.15) is 20.3 Å². The van der Waals surface area contributed by atoms with Crippen LogP contribution in [0.4, 0.5) is 0 Å². The minimum atomic E-state index is -0.465. The molecule has 0 spiro atoms. The van der Waals surface area contributed by atoms with Crippen LogP contribution in [0.2, 0.25) is 0 Å². The summed E-state index contributed by atoms with van der Waals surface area (Å²) in [5, 5.41) is 0. The SMILES string of the molecule is CCOC(CC(=O)OC)OCC. The van der Waals surface area contributed by atoms with Crippen molar-refractivity contribution in [3.05, 3.63) is 0 Å². The van der Waals surface area contributed by atoms with Crippen LogP contribution in [0.15, 0.2) is 0 Å². The van der Waals surface area contributed by atoms with E-state index in [9.17, 15) is 4.79 Å². The van der Waals surface area contributed by atoms with Crippen LogP contribution in [0.25, 0.3) is 0 Å². The first-order chi connectivity index (χ1) is 5.74.